The summed E-state index contributed by atoms with van der Waals surface area (Å²) in [7, 11) is 3.94. The molecule has 0 radical (unpaired) electrons. The zero-order chi connectivity index (χ0) is 14.6. The molecule has 3 nitrogen and oxygen atoms in total. The number of benzene rings is 1. The SMILES string of the molecule is CCCNCCc1ccccc1CN(C)CCCOC. The van der Waals surface area contributed by atoms with Crippen LogP contribution in [0.4, 0.5) is 0 Å². The molecule has 20 heavy (non-hydrogen) atoms. The van der Waals surface area contributed by atoms with Gasteiger partial charge in [-0.3, -0.25) is 0 Å². The zero-order valence-corrected chi connectivity index (χ0v) is 13.3. The first kappa shape index (κ1) is 17.2. The number of methoxy groups -OCH3 is 1. The Bertz CT molecular complexity index is 355. The van der Waals surface area contributed by atoms with Crippen LogP contribution in [-0.4, -0.2) is 45.3 Å². The van der Waals surface area contributed by atoms with Crippen molar-refractivity contribution in [2.45, 2.75) is 32.7 Å². The fourth-order valence-electron chi connectivity index (χ4n) is 2.33. The Hall–Kier alpha value is -0.900. The lowest BCUT2D eigenvalue weighted by Crippen LogP contribution is -2.22. The maximum absolute atomic E-state index is 5.11. The molecule has 0 atom stereocenters. The van der Waals surface area contributed by atoms with Crippen molar-refractivity contribution in [2.75, 3.05) is 40.4 Å². The molecule has 1 aromatic carbocycles. The molecule has 0 spiro atoms. The Morgan fingerprint density at radius 3 is 2.60 bits per heavy atom. The monoisotopic (exact) mass is 278 g/mol. The van der Waals surface area contributed by atoms with E-state index in [2.05, 4.69) is 48.5 Å². The van der Waals surface area contributed by atoms with Gasteiger partial charge in [0.25, 0.3) is 0 Å². The van der Waals surface area contributed by atoms with E-state index < -0.39 is 0 Å². The van der Waals surface area contributed by atoms with E-state index in [0.29, 0.717) is 0 Å². The van der Waals surface area contributed by atoms with Gasteiger partial charge in [-0.05, 0) is 50.5 Å². The lowest BCUT2D eigenvalue weighted by atomic mass is 10.0. The van der Waals surface area contributed by atoms with Crippen molar-refractivity contribution in [2.24, 2.45) is 0 Å². The van der Waals surface area contributed by atoms with Crippen LogP contribution in [0, 0.1) is 0 Å². The van der Waals surface area contributed by atoms with Gasteiger partial charge < -0.3 is 15.0 Å². The Morgan fingerprint density at radius 2 is 1.90 bits per heavy atom. The van der Waals surface area contributed by atoms with Gasteiger partial charge in [-0.2, -0.15) is 0 Å². The van der Waals surface area contributed by atoms with Gasteiger partial charge in [0.05, 0.1) is 0 Å². The van der Waals surface area contributed by atoms with Crippen LogP contribution in [0.15, 0.2) is 24.3 Å². The fraction of sp³-hybridized carbons (Fsp3) is 0.647. The summed E-state index contributed by atoms with van der Waals surface area (Å²) in [5.41, 5.74) is 2.92. The molecule has 0 heterocycles. The molecular formula is C17H30N2O. The molecule has 1 N–H and O–H groups in total. The highest BCUT2D eigenvalue weighted by atomic mass is 16.5. The lowest BCUT2D eigenvalue weighted by Gasteiger charge is -2.19. The highest BCUT2D eigenvalue weighted by Gasteiger charge is 2.05. The molecule has 3 heteroatoms. The van der Waals surface area contributed by atoms with Gasteiger partial charge in [0.1, 0.15) is 0 Å². The van der Waals surface area contributed by atoms with Crippen LogP contribution in [0.2, 0.25) is 0 Å². The predicted molar refractivity (Wildman–Crippen MR) is 86.1 cm³/mol. The molecule has 0 saturated heterocycles. The molecule has 0 amide bonds. The van der Waals surface area contributed by atoms with Crippen LogP contribution in [-0.2, 0) is 17.7 Å². The van der Waals surface area contributed by atoms with Gasteiger partial charge in [-0.15, -0.1) is 0 Å². The van der Waals surface area contributed by atoms with Gasteiger partial charge in [0.15, 0.2) is 0 Å². The number of ether oxygens (including phenoxy) is 1. The summed E-state index contributed by atoms with van der Waals surface area (Å²) < 4.78 is 5.11. The van der Waals surface area contributed by atoms with E-state index in [9.17, 15) is 0 Å². The maximum Gasteiger partial charge on any atom is 0.0474 e. The van der Waals surface area contributed by atoms with Crippen molar-refractivity contribution < 1.29 is 4.74 Å². The second-order valence-corrected chi connectivity index (χ2v) is 5.35. The van der Waals surface area contributed by atoms with Crippen LogP contribution in [0.5, 0.6) is 0 Å². The molecule has 0 aliphatic rings. The molecule has 1 rings (SSSR count). The van der Waals surface area contributed by atoms with E-state index in [4.69, 9.17) is 4.74 Å². The Balaban J connectivity index is 2.43. The minimum Gasteiger partial charge on any atom is -0.385 e. The Labute approximate surface area is 124 Å². The quantitative estimate of drug-likeness (QED) is 0.630. The van der Waals surface area contributed by atoms with Crippen molar-refractivity contribution in [3.05, 3.63) is 35.4 Å². The first-order valence-corrected chi connectivity index (χ1v) is 7.73. The molecule has 0 aliphatic heterocycles. The summed E-state index contributed by atoms with van der Waals surface area (Å²) in [6.07, 6.45) is 3.40. The van der Waals surface area contributed by atoms with Gasteiger partial charge in [-0.1, -0.05) is 31.2 Å². The first-order valence-electron chi connectivity index (χ1n) is 7.73. The number of hydrogen-bond donors (Lipinski definition) is 1. The van der Waals surface area contributed by atoms with Crippen molar-refractivity contribution >= 4 is 0 Å². The average Bonchev–Trinajstić information content (AvgIpc) is 2.45. The zero-order valence-electron chi connectivity index (χ0n) is 13.3. The van der Waals surface area contributed by atoms with Crippen molar-refractivity contribution in [3.8, 4) is 0 Å². The molecule has 0 bridgehead atoms. The number of hydrogen-bond acceptors (Lipinski definition) is 3. The summed E-state index contributed by atoms with van der Waals surface area (Å²) in [6.45, 7) is 7.32. The highest BCUT2D eigenvalue weighted by molar-refractivity contribution is 5.27. The highest BCUT2D eigenvalue weighted by Crippen LogP contribution is 2.11. The Kier molecular flexibility index (Phi) is 9.29. The largest absolute Gasteiger partial charge is 0.385 e. The average molecular weight is 278 g/mol. The Morgan fingerprint density at radius 1 is 1.15 bits per heavy atom. The van der Waals surface area contributed by atoms with E-state index in [1.54, 1.807) is 7.11 Å². The number of rotatable bonds is 11. The van der Waals surface area contributed by atoms with E-state index in [-0.39, 0.29) is 0 Å². The van der Waals surface area contributed by atoms with Gasteiger partial charge in [0, 0.05) is 26.8 Å². The minimum absolute atomic E-state index is 0.840. The third-order valence-electron chi connectivity index (χ3n) is 3.44. The third kappa shape index (κ3) is 7.04. The normalized spacial score (nSPS) is 11.2. The summed E-state index contributed by atoms with van der Waals surface area (Å²) in [5.74, 6) is 0. The predicted octanol–water partition coefficient (Wildman–Crippen LogP) is 2.70. The van der Waals surface area contributed by atoms with Crippen LogP contribution in [0.3, 0.4) is 0 Å². The van der Waals surface area contributed by atoms with Crippen molar-refractivity contribution in [1.82, 2.24) is 10.2 Å². The van der Waals surface area contributed by atoms with Crippen LogP contribution in [0.1, 0.15) is 30.9 Å². The number of nitrogens with zero attached hydrogens (tertiary/aromatic N) is 1. The molecule has 0 fully saturated rings. The van der Waals surface area contributed by atoms with E-state index in [0.717, 1.165) is 45.6 Å². The molecule has 0 unspecified atom stereocenters. The molecule has 0 aromatic heterocycles. The molecular weight excluding hydrogens is 248 g/mol. The molecule has 0 aliphatic carbocycles. The summed E-state index contributed by atoms with van der Waals surface area (Å²) in [5, 5.41) is 3.48. The van der Waals surface area contributed by atoms with E-state index in [1.807, 2.05) is 0 Å². The molecule has 114 valence electrons. The maximum atomic E-state index is 5.11. The second-order valence-electron chi connectivity index (χ2n) is 5.35. The van der Waals surface area contributed by atoms with Gasteiger partial charge in [-0.25, -0.2) is 0 Å². The third-order valence-corrected chi connectivity index (χ3v) is 3.44. The van der Waals surface area contributed by atoms with Crippen molar-refractivity contribution in [1.29, 1.82) is 0 Å². The number of nitrogens with one attached hydrogen (secondary N) is 1. The summed E-state index contributed by atoms with van der Waals surface area (Å²) in [4.78, 5) is 2.37. The minimum atomic E-state index is 0.840. The standard InChI is InChI=1S/C17H30N2O/c1-4-11-18-12-10-16-8-5-6-9-17(16)15-19(2)13-7-14-20-3/h5-6,8-9,18H,4,7,10-15H2,1-3H3. The first-order chi connectivity index (χ1) is 9.77. The topological polar surface area (TPSA) is 24.5 Å². The van der Waals surface area contributed by atoms with Crippen LogP contribution >= 0.6 is 0 Å². The smallest absolute Gasteiger partial charge is 0.0474 e. The lowest BCUT2D eigenvalue weighted by molar-refractivity contribution is 0.178. The van der Waals surface area contributed by atoms with Crippen LogP contribution in [0.25, 0.3) is 0 Å². The van der Waals surface area contributed by atoms with E-state index in [1.165, 1.54) is 17.5 Å². The fourth-order valence-corrected chi connectivity index (χ4v) is 2.33. The van der Waals surface area contributed by atoms with Gasteiger partial charge in [0.2, 0.25) is 0 Å². The van der Waals surface area contributed by atoms with Gasteiger partial charge >= 0.3 is 0 Å². The molecule has 0 saturated carbocycles. The van der Waals surface area contributed by atoms with Crippen LogP contribution < -0.4 is 5.32 Å². The summed E-state index contributed by atoms with van der Waals surface area (Å²) in [6, 6.07) is 8.79. The summed E-state index contributed by atoms with van der Waals surface area (Å²) >= 11 is 0. The second kappa shape index (κ2) is 10.8. The molecule has 1 aromatic rings. The van der Waals surface area contributed by atoms with Crippen molar-refractivity contribution in [3.63, 3.8) is 0 Å². The van der Waals surface area contributed by atoms with E-state index >= 15 is 0 Å².